The standard InChI is InChI=1S/C13H15N7O/c1-2-5-16-11-10(14)12(18-8-17-11)19-20-13(21)9-3-6-15-7-4-9/h2-4,6-8H,1,5,14H2,(H,20,21)(H2,16,17,18,19). The third-order valence-electron chi connectivity index (χ3n) is 2.53. The van der Waals surface area contributed by atoms with Crippen molar-refractivity contribution in [1.29, 1.82) is 0 Å². The first-order chi connectivity index (χ1) is 10.2. The van der Waals surface area contributed by atoms with E-state index in [0.717, 1.165) is 0 Å². The van der Waals surface area contributed by atoms with Gasteiger partial charge >= 0.3 is 0 Å². The second-order valence-corrected chi connectivity index (χ2v) is 3.97. The minimum absolute atomic E-state index is 0.300. The molecule has 0 aliphatic heterocycles. The maximum absolute atomic E-state index is 11.9. The molecule has 0 aliphatic rings. The Labute approximate surface area is 121 Å². The molecule has 0 bridgehead atoms. The van der Waals surface area contributed by atoms with E-state index in [4.69, 9.17) is 5.73 Å². The Hall–Kier alpha value is -3.16. The van der Waals surface area contributed by atoms with E-state index in [1.165, 1.54) is 18.7 Å². The highest BCUT2D eigenvalue weighted by atomic mass is 16.2. The lowest BCUT2D eigenvalue weighted by Gasteiger charge is -2.12. The lowest BCUT2D eigenvalue weighted by atomic mass is 10.3. The number of nitrogens with zero attached hydrogens (tertiary/aromatic N) is 3. The molecule has 21 heavy (non-hydrogen) atoms. The first-order valence-corrected chi connectivity index (χ1v) is 6.14. The van der Waals surface area contributed by atoms with Gasteiger partial charge in [-0.3, -0.25) is 20.6 Å². The second kappa shape index (κ2) is 6.85. The molecule has 0 spiro atoms. The van der Waals surface area contributed by atoms with Crippen molar-refractivity contribution >= 4 is 23.2 Å². The molecule has 0 saturated carbocycles. The number of carbonyl (C=O) groups is 1. The van der Waals surface area contributed by atoms with Crippen LogP contribution in [0.4, 0.5) is 17.3 Å². The number of pyridine rings is 1. The third kappa shape index (κ3) is 3.66. The maximum Gasteiger partial charge on any atom is 0.269 e. The molecule has 2 rings (SSSR count). The molecule has 0 radical (unpaired) electrons. The van der Waals surface area contributed by atoms with Crippen LogP contribution in [0.1, 0.15) is 10.4 Å². The molecule has 2 aromatic rings. The molecule has 0 aromatic carbocycles. The average Bonchev–Trinajstić information content (AvgIpc) is 2.53. The predicted molar refractivity (Wildman–Crippen MR) is 80.5 cm³/mol. The summed E-state index contributed by atoms with van der Waals surface area (Å²) in [6.07, 6.45) is 6.08. The number of hydrogen-bond donors (Lipinski definition) is 4. The molecule has 1 amide bonds. The van der Waals surface area contributed by atoms with E-state index in [-0.39, 0.29) is 5.91 Å². The summed E-state index contributed by atoms with van der Waals surface area (Å²) < 4.78 is 0. The largest absolute Gasteiger partial charge is 0.393 e. The molecule has 2 aromatic heterocycles. The molecule has 0 atom stereocenters. The van der Waals surface area contributed by atoms with Crippen LogP contribution >= 0.6 is 0 Å². The van der Waals surface area contributed by atoms with Crippen molar-refractivity contribution in [3.8, 4) is 0 Å². The monoisotopic (exact) mass is 285 g/mol. The fourth-order valence-corrected chi connectivity index (χ4v) is 1.50. The van der Waals surface area contributed by atoms with Crippen molar-refractivity contribution < 1.29 is 4.79 Å². The van der Waals surface area contributed by atoms with Crippen molar-refractivity contribution in [2.45, 2.75) is 0 Å². The van der Waals surface area contributed by atoms with E-state index in [0.29, 0.717) is 29.4 Å². The zero-order valence-corrected chi connectivity index (χ0v) is 11.2. The Morgan fingerprint density at radius 2 is 2.00 bits per heavy atom. The van der Waals surface area contributed by atoms with E-state index in [1.54, 1.807) is 18.2 Å². The van der Waals surface area contributed by atoms with Gasteiger partial charge in [-0.2, -0.15) is 0 Å². The molecular weight excluding hydrogens is 270 g/mol. The van der Waals surface area contributed by atoms with Gasteiger partial charge in [0.2, 0.25) is 0 Å². The summed E-state index contributed by atoms with van der Waals surface area (Å²) in [6, 6.07) is 3.19. The Kier molecular flexibility index (Phi) is 4.65. The quantitative estimate of drug-likeness (QED) is 0.458. The number of anilines is 3. The molecule has 8 heteroatoms. The number of nitrogens with one attached hydrogen (secondary N) is 3. The van der Waals surface area contributed by atoms with Crippen LogP contribution in [0, 0.1) is 0 Å². The van der Waals surface area contributed by atoms with E-state index in [1.807, 2.05) is 0 Å². The minimum Gasteiger partial charge on any atom is -0.393 e. The number of hydrogen-bond acceptors (Lipinski definition) is 7. The summed E-state index contributed by atoms with van der Waals surface area (Å²) >= 11 is 0. The summed E-state index contributed by atoms with van der Waals surface area (Å²) in [6.45, 7) is 4.11. The Bertz CT molecular complexity index is 630. The van der Waals surface area contributed by atoms with E-state index in [2.05, 4.69) is 37.7 Å². The van der Waals surface area contributed by atoms with Gasteiger partial charge in [-0.25, -0.2) is 9.97 Å². The van der Waals surface area contributed by atoms with Crippen molar-refractivity contribution in [2.24, 2.45) is 0 Å². The smallest absolute Gasteiger partial charge is 0.269 e. The molecule has 0 fully saturated rings. The number of nitrogen functional groups attached to an aromatic ring is 1. The van der Waals surface area contributed by atoms with Crippen molar-refractivity contribution in [1.82, 2.24) is 20.4 Å². The molecule has 8 nitrogen and oxygen atoms in total. The predicted octanol–water partition coefficient (Wildman–Crippen LogP) is 0.809. The summed E-state index contributed by atoms with van der Waals surface area (Å²) in [5.41, 5.74) is 11.8. The lowest BCUT2D eigenvalue weighted by molar-refractivity contribution is 0.0962. The number of carbonyl (C=O) groups excluding carboxylic acids is 1. The Morgan fingerprint density at radius 3 is 2.71 bits per heavy atom. The molecule has 5 N–H and O–H groups in total. The fourth-order valence-electron chi connectivity index (χ4n) is 1.50. The summed E-state index contributed by atoms with van der Waals surface area (Å²) in [7, 11) is 0. The van der Waals surface area contributed by atoms with Gasteiger partial charge in [0.05, 0.1) is 0 Å². The summed E-state index contributed by atoms with van der Waals surface area (Å²) in [4.78, 5) is 23.7. The van der Waals surface area contributed by atoms with Gasteiger partial charge in [-0.05, 0) is 12.1 Å². The van der Waals surface area contributed by atoms with Gasteiger partial charge in [-0.15, -0.1) is 6.58 Å². The van der Waals surface area contributed by atoms with Gasteiger partial charge in [0, 0.05) is 24.5 Å². The summed E-state index contributed by atoms with van der Waals surface area (Å²) in [5, 5.41) is 2.97. The number of nitrogens with two attached hydrogens (primary N) is 1. The second-order valence-electron chi connectivity index (χ2n) is 3.97. The normalized spacial score (nSPS) is 9.71. The third-order valence-corrected chi connectivity index (χ3v) is 2.53. The minimum atomic E-state index is -0.323. The highest BCUT2D eigenvalue weighted by Gasteiger charge is 2.09. The molecule has 0 saturated heterocycles. The van der Waals surface area contributed by atoms with Crippen LogP contribution in [0.15, 0.2) is 43.5 Å². The highest BCUT2D eigenvalue weighted by Crippen LogP contribution is 2.21. The van der Waals surface area contributed by atoms with Crippen LogP contribution in [0.2, 0.25) is 0 Å². The van der Waals surface area contributed by atoms with E-state index < -0.39 is 0 Å². The van der Waals surface area contributed by atoms with E-state index >= 15 is 0 Å². The summed E-state index contributed by atoms with van der Waals surface area (Å²) in [5.74, 6) is 0.445. The highest BCUT2D eigenvalue weighted by molar-refractivity contribution is 5.95. The molecular formula is C13H15N7O. The fraction of sp³-hybridized carbons (Fsp3) is 0.0769. The van der Waals surface area contributed by atoms with E-state index in [9.17, 15) is 4.79 Å². The molecule has 108 valence electrons. The van der Waals surface area contributed by atoms with Crippen LogP contribution in [-0.4, -0.2) is 27.4 Å². The molecule has 0 aliphatic carbocycles. The van der Waals surface area contributed by atoms with Crippen molar-refractivity contribution in [3.05, 3.63) is 49.1 Å². The van der Waals surface area contributed by atoms with Crippen molar-refractivity contribution in [2.75, 3.05) is 23.0 Å². The van der Waals surface area contributed by atoms with Gasteiger partial charge in [0.1, 0.15) is 12.0 Å². The van der Waals surface area contributed by atoms with Gasteiger partial charge < -0.3 is 11.1 Å². The lowest BCUT2D eigenvalue weighted by Crippen LogP contribution is -2.30. The number of aromatic nitrogens is 3. The van der Waals surface area contributed by atoms with Gasteiger partial charge in [0.25, 0.3) is 5.91 Å². The number of hydrazine groups is 1. The first kappa shape index (κ1) is 14.3. The van der Waals surface area contributed by atoms with Crippen LogP contribution in [0.5, 0.6) is 0 Å². The zero-order chi connectivity index (χ0) is 15.1. The van der Waals surface area contributed by atoms with Crippen LogP contribution in [0.25, 0.3) is 0 Å². The van der Waals surface area contributed by atoms with Gasteiger partial charge in [0.15, 0.2) is 11.6 Å². The van der Waals surface area contributed by atoms with Crippen LogP contribution < -0.4 is 21.9 Å². The van der Waals surface area contributed by atoms with Crippen LogP contribution in [0.3, 0.4) is 0 Å². The Balaban J connectivity index is 2.03. The first-order valence-electron chi connectivity index (χ1n) is 6.14. The number of amides is 1. The van der Waals surface area contributed by atoms with Crippen molar-refractivity contribution in [3.63, 3.8) is 0 Å². The number of rotatable bonds is 6. The maximum atomic E-state index is 11.9. The van der Waals surface area contributed by atoms with Crippen LogP contribution in [-0.2, 0) is 0 Å². The Morgan fingerprint density at radius 1 is 1.29 bits per heavy atom. The SMILES string of the molecule is C=CCNc1ncnc(NNC(=O)c2ccncc2)c1N. The van der Waals surface area contributed by atoms with Gasteiger partial charge in [-0.1, -0.05) is 6.08 Å². The zero-order valence-electron chi connectivity index (χ0n) is 11.2. The average molecular weight is 285 g/mol. The topological polar surface area (TPSA) is 118 Å². The molecule has 0 unspecified atom stereocenters. The molecule has 2 heterocycles.